The molecule has 1 atom stereocenters. The van der Waals surface area contributed by atoms with Crippen molar-refractivity contribution in [2.45, 2.75) is 25.0 Å². The van der Waals surface area contributed by atoms with Gasteiger partial charge in [0.15, 0.2) is 5.79 Å². The van der Waals surface area contributed by atoms with Crippen molar-refractivity contribution in [1.82, 2.24) is 0 Å². The minimum Gasteiger partial charge on any atom is -0.343 e. The molecule has 1 aliphatic carbocycles. The lowest BCUT2D eigenvalue weighted by Crippen LogP contribution is -2.29. The van der Waals surface area contributed by atoms with Gasteiger partial charge >= 0.3 is 0 Å². The number of hydrogen-bond donors (Lipinski definition) is 0. The summed E-state index contributed by atoms with van der Waals surface area (Å²) in [5.74, 6) is -0.645. The predicted molar refractivity (Wildman–Crippen MR) is 62.1 cm³/mol. The molecule has 1 spiro atoms. The van der Waals surface area contributed by atoms with E-state index in [2.05, 4.69) is 18.2 Å². The van der Waals surface area contributed by atoms with E-state index in [0.717, 1.165) is 18.4 Å². The smallest absolute Gasteiger partial charge is 0.196 e. The van der Waals surface area contributed by atoms with Crippen LogP contribution >= 0.6 is 0 Å². The number of fused-ring (bicyclic) bond motifs is 2. The SMILES string of the molecule is N#CC1CCc2ccccc2C2(C1)OCCO2. The van der Waals surface area contributed by atoms with E-state index in [0.29, 0.717) is 19.6 Å². The molecule has 0 N–H and O–H groups in total. The second kappa shape index (κ2) is 4.14. The number of nitrogens with zero attached hydrogens (tertiary/aromatic N) is 1. The lowest BCUT2D eigenvalue weighted by atomic mass is 9.95. The minimum atomic E-state index is -0.659. The monoisotopic (exact) mass is 229 g/mol. The zero-order chi connectivity index (χ0) is 11.7. The molecule has 1 aromatic rings. The Hall–Kier alpha value is -1.37. The van der Waals surface area contributed by atoms with E-state index in [4.69, 9.17) is 9.47 Å². The van der Waals surface area contributed by atoms with E-state index in [1.807, 2.05) is 12.1 Å². The number of rotatable bonds is 0. The van der Waals surface area contributed by atoms with E-state index in [1.54, 1.807) is 0 Å². The van der Waals surface area contributed by atoms with Crippen LogP contribution < -0.4 is 0 Å². The Morgan fingerprint density at radius 1 is 1.24 bits per heavy atom. The van der Waals surface area contributed by atoms with Gasteiger partial charge in [0, 0.05) is 12.0 Å². The lowest BCUT2D eigenvalue weighted by Gasteiger charge is -2.28. The zero-order valence-corrected chi connectivity index (χ0v) is 9.69. The predicted octanol–water partition coefficient (Wildman–Crippen LogP) is 2.36. The van der Waals surface area contributed by atoms with Crippen molar-refractivity contribution >= 4 is 0 Å². The van der Waals surface area contributed by atoms with Crippen LogP contribution in [0.1, 0.15) is 24.0 Å². The van der Waals surface area contributed by atoms with Gasteiger partial charge in [0.1, 0.15) is 0 Å². The maximum atomic E-state index is 9.18. The van der Waals surface area contributed by atoms with E-state index in [1.165, 1.54) is 5.56 Å². The summed E-state index contributed by atoms with van der Waals surface area (Å²) in [6.45, 7) is 1.24. The van der Waals surface area contributed by atoms with Gasteiger partial charge in [-0.05, 0) is 18.4 Å². The molecule has 1 aliphatic heterocycles. The van der Waals surface area contributed by atoms with Gasteiger partial charge in [-0.25, -0.2) is 0 Å². The molecule has 1 unspecified atom stereocenters. The fourth-order valence-electron chi connectivity index (χ4n) is 2.81. The van der Waals surface area contributed by atoms with Crippen LogP contribution in [-0.4, -0.2) is 13.2 Å². The van der Waals surface area contributed by atoms with Gasteiger partial charge in [0.25, 0.3) is 0 Å². The van der Waals surface area contributed by atoms with Crippen LogP contribution in [0.2, 0.25) is 0 Å². The summed E-state index contributed by atoms with van der Waals surface area (Å²) < 4.78 is 11.7. The topological polar surface area (TPSA) is 42.2 Å². The van der Waals surface area contributed by atoms with Gasteiger partial charge in [0.05, 0.1) is 25.2 Å². The van der Waals surface area contributed by atoms with E-state index in [9.17, 15) is 5.26 Å². The van der Waals surface area contributed by atoms with E-state index >= 15 is 0 Å². The molecule has 3 heteroatoms. The summed E-state index contributed by atoms with van der Waals surface area (Å²) in [6, 6.07) is 10.6. The number of hydrogen-bond acceptors (Lipinski definition) is 3. The average molecular weight is 229 g/mol. The molecule has 3 rings (SSSR count). The van der Waals surface area contributed by atoms with Gasteiger partial charge in [-0.1, -0.05) is 24.3 Å². The highest BCUT2D eigenvalue weighted by Crippen LogP contribution is 2.42. The van der Waals surface area contributed by atoms with Crippen LogP contribution in [0.5, 0.6) is 0 Å². The van der Waals surface area contributed by atoms with Gasteiger partial charge in [-0.15, -0.1) is 0 Å². The number of benzene rings is 1. The standard InChI is InChI=1S/C14H15NO2/c15-10-11-5-6-12-3-1-2-4-13(12)14(9-11)16-7-8-17-14/h1-4,11H,5-9H2. The van der Waals surface area contributed by atoms with Gasteiger partial charge in [-0.3, -0.25) is 0 Å². The Bertz CT molecular complexity index is 458. The molecule has 1 heterocycles. The zero-order valence-electron chi connectivity index (χ0n) is 9.69. The quantitative estimate of drug-likeness (QED) is 0.685. The van der Waals surface area contributed by atoms with Crippen LogP contribution in [0.15, 0.2) is 24.3 Å². The summed E-state index contributed by atoms with van der Waals surface area (Å²) in [4.78, 5) is 0. The Morgan fingerprint density at radius 2 is 2.00 bits per heavy atom. The average Bonchev–Trinajstić information content (AvgIpc) is 2.77. The first-order chi connectivity index (χ1) is 8.34. The molecule has 1 saturated heterocycles. The highest BCUT2D eigenvalue weighted by molar-refractivity contribution is 5.33. The van der Waals surface area contributed by atoms with E-state index in [-0.39, 0.29) is 5.92 Å². The van der Waals surface area contributed by atoms with Crippen molar-refractivity contribution < 1.29 is 9.47 Å². The Kier molecular flexibility index (Phi) is 2.62. The molecule has 0 bridgehead atoms. The van der Waals surface area contributed by atoms with Crippen molar-refractivity contribution in [2.24, 2.45) is 5.92 Å². The highest BCUT2D eigenvalue weighted by atomic mass is 16.7. The highest BCUT2D eigenvalue weighted by Gasteiger charge is 2.43. The fraction of sp³-hybridized carbons (Fsp3) is 0.500. The van der Waals surface area contributed by atoms with Crippen LogP contribution in [0.4, 0.5) is 0 Å². The van der Waals surface area contributed by atoms with Crippen molar-refractivity contribution in [3.8, 4) is 6.07 Å². The third kappa shape index (κ3) is 1.74. The molecule has 1 fully saturated rings. The molecule has 2 aliphatic rings. The first-order valence-electron chi connectivity index (χ1n) is 6.10. The summed E-state index contributed by atoms with van der Waals surface area (Å²) in [6.07, 6.45) is 2.48. The molecule has 17 heavy (non-hydrogen) atoms. The third-order valence-corrected chi connectivity index (χ3v) is 3.64. The second-order valence-corrected chi connectivity index (χ2v) is 4.68. The molecular formula is C14H15NO2. The number of nitriles is 1. The third-order valence-electron chi connectivity index (χ3n) is 3.64. The molecule has 0 saturated carbocycles. The van der Waals surface area contributed by atoms with Crippen LogP contribution in [0.25, 0.3) is 0 Å². The minimum absolute atomic E-state index is 0.0144. The Balaban J connectivity index is 2.07. The number of aryl methyl sites for hydroxylation is 1. The van der Waals surface area contributed by atoms with Gasteiger partial charge in [0.2, 0.25) is 0 Å². The maximum absolute atomic E-state index is 9.18. The molecule has 0 amide bonds. The normalized spacial score (nSPS) is 26.2. The van der Waals surface area contributed by atoms with Crippen LogP contribution in [0.3, 0.4) is 0 Å². The summed E-state index contributed by atoms with van der Waals surface area (Å²) >= 11 is 0. The van der Waals surface area contributed by atoms with Crippen molar-refractivity contribution in [1.29, 1.82) is 5.26 Å². The van der Waals surface area contributed by atoms with Crippen LogP contribution in [0, 0.1) is 17.2 Å². The van der Waals surface area contributed by atoms with Crippen molar-refractivity contribution in [3.05, 3.63) is 35.4 Å². The van der Waals surface area contributed by atoms with Crippen molar-refractivity contribution in [3.63, 3.8) is 0 Å². The summed E-state index contributed by atoms with van der Waals surface area (Å²) in [7, 11) is 0. The Morgan fingerprint density at radius 3 is 2.76 bits per heavy atom. The Labute approximate surface area is 101 Å². The second-order valence-electron chi connectivity index (χ2n) is 4.68. The molecule has 0 radical (unpaired) electrons. The molecule has 3 nitrogen and oxygen atoms in total. The maximum Gasteiger partial charge on any atom is 0.196 e. The molecule has 1 aromatic carbocycles. The fourth-order valence-corrected chi connectivity index (χ4v) is 2.81. The first kappa shape index (κ1) is 10.8. The molecule has 88 valence electrons. The van der Waals surface area contributed by atoms with Crippen molar-refractivity contribution in [2.75, 3.05) is 13.2 Å². The largest absolute Gasteiger partial charge is 0.343 e. The van der Waals surface area contributed by atoms with Crippen LogP contribution in [-0.2, 0) is 21.7 Å². The van der Waals surface area contributed by atoms with Gasteiger partial charge < -0.3 is 9.47 Å². The number of ether oxygens (including phenoxy) is 2. The van der Waals surface area contributed by atoms with E-state index < -0.39 is 5.79 Å². The summed E-state index contributed by atoms with van der Waals surface area (Å²) in [5, 5.41) is 9.18. The summed E-state index contributed by atoms with van der Waals surface area (Å²) in [5.41, 5.74) is 2.38. The van der Waals surface area contributed by atoms with Gasteiger partial charge in [-0.2, -0.15) is 5.26 Å². The lowest BCUT2D eigenvalue weighted by molar-refractivity contribution is -0.175. The first-order valence-corrected chi connectivity index (χ1v) is 6.10. The molecule has 0 aromatic heterocycles. The molecular weight excluding hydrogens is 214 g/mol.